The van der Waals surface area contributed by atoms with Crippen LogP contribution in [0.1, 0.15) is 59.1 Å². The number of thioether (sulfide) groups is 1. The van der Waals surface area contributed by atoms with E-state index in [1.54, 1.807) is 0 Å². The van der Waals surface area contributed by atoms with Gasteiger partial charge >= 0.3 is 23.5 Å². The highest BCUT2D eigenvalue weighted by Gasteiger charge is 2.50. The van der Waals surface area contributed by atoms with Gasteiger partial charge in [-0.15, -0.1) is 0 Å². The number of carbonyl (C=O) groups excluding carboxylic acids is 3. The van der Waals surface area contributed by atoms with Crippen molar-refractivity contribution in [2.24, 2.45) is 5.41 Å². The first-order valence-electron chi connectivity index (χ1n) is 17.3. The van der Waals surface area contributed by atoms with Gasteiger partial charge in [0.15, 0.2) is 22.8 Å². The van der Waals surface area contributed by atoms with Crippen molar-refractivity contribution in [1.29, 1.82) is 0 Å². The molecule has 3 rings (SSSR count). The Hall–Kier alpha value is -2.70. The fourth-order valence-electron chi connectivity index (χ4n) is 4.97. The van der Waals surface area contributed by atoms with Crippen LogP contribution in [0.4, 0.5) is 5.82 Å². The standard InChI is InChI=1S/C29H48N7O17P3S/c1-4-5-6-7-8-9-20(38)57-13-12-31-19(37)10-11-32-27(41)24(40)29(2,3)15-50-56(47,48)53-55(45,46)49-14-18-23(52-54(42,43)44)22(39)28(51-18)36-17-35-21-25(30)33-16-34-26(21)36/h6-7,16-18,22-24,28,39-40H,4-5,8-15H2,1-3H3,(H,31,37)(H,32,41)(H,45,46)(H,47,48)(H2,30,33,34)(H2,42,43,44)/b7-6+. The molecule has 24 nitrogen and oxygen atoms in total. The molecule has 28 heteroatoms. The van der Waals surface area contributed by atoms with E-state index in [4.69, 9.17) is 19.5 Å². The predicted octanol–water partition coefficient (Wildman–Crippen LogP) is 0.801. The van der Waals surface area contributed by atoms with Gasteiger partial charge in [0.05, 0.1) is 19.5 Å². The first-order valence-corrected chi connectivity index (χ1v) is 22.8. The molecule has 1 saturated heterocycles. The Morgan fingerprint density at radius 2 is 1.72 bits per heavy atom. The molecular weight excluding hydrogens is 843 g/mol. The summed E-state index contributed by atoms with van der Waals surface area (Å²) in [6, 6.07) is 0. The zero-order valence-corrected chi connectivity index (χ0v) is 34.6. The monoisotopic (exact) mass is 891 g/mol. The molecule has 2 amide bonds. The second kappa shape index (κ2) is 21.5. The maximum atomic E-state index is 12.7. The van der Waals surface area contributed by atoms with Gasteiger partial charge in [0.25, 0.3) is 0 Å². The first-order chi connectivity index (χ1) is 26.6. The molecule has 0 saturated carbocycles. The number of carbonyl (C=O) groups is 3. The van der Waals surface area contributed by atoms with Crippen LogP contribution in [0.3, 0.4) is 0 Å². The normalized spacial score (nSPS) is 21.6. The molecule has 57 heavy (non-hydrogen) atoms. The minimum absolute atomic E-state index is 0.00216. The lowest BCUT2D eigenvalue weighted by atomic mass is 9.87. The second-order valence-electron chi connectivity index (χ2n) is 13.1. The van der Waals surface area contributed by atoms with E-state index < -0.39 is 84.6 Å². The molecule has 7 unspecified atom stereocenters. The van der Waals surface area contributed by atoms with Crippen molar-refractivity contribution in [1.82, 2.24) is 30.2 Å². The highest BCUT2D eigenvalue weighted by Crippen LogP contribution is 2.61. The van der Waals surface area contributed by atoms with Crippen molar-refractivity contribution in [2.75, 3.05) is 37.8 Å². The zero-order valence-electron chi connectivity index (χ0n) is 31.1. The van der Waals surface area contributed by atoms with E-state index in [1.807, 2.05) is 12.2 Å². The molecule has 0 aliphatic carbocycles. The number of nitrogens with one attached hydrogen (secondary N) is 2. The van der Waals surface area contributed by atoms with Crippen molar-refractivity contribution in [3.05, 3.63) is 24.8 Å². The summed E-state index contributed by atoms with van der Waals surface area (Å²) in [6.45, 7) is 2.58. The minimum atomic E-state index is -5.57. The molecule has 1 aliphatic rings. The predicted molar refractivity (Wildman–Crippen MR) is 200 cm³/mol. The molecular formula is C29H48N7O17P3S. The summed E-state index contributed by atoms with van der Waals surface area (Å²) in [7, 11) is -16.4. The van der Waals surface area contributed by atoms with Crippen molar-refractivity contribution < 1.29 is 80.5 Å². The number of phosphoric ester groups is 3. The molecule has 0 bridgehead atoms. The lowest BCUT2D eigenvalue weighted by Crippen LogP contribution is -2.46. The highest BCUT2D eigenvalue weighted by atomic mass is 32.2. The molecule has 1 fully saturated rings. The Morgan fingerprint density at radius 1 is 1.04 bits per heavy atom. The molecule has 3 heterocycles. The second-order valence-corrected chi connectivity index (χ2v) is 18.5. The maximum absolute atomic E-state index is 12.7. The molecule has 322 valence electrons. The van der Waals surface area contributed by atoms with Crippen LogP contribution in [0.2, 0.25) is 0 Å². The van der Waals surface area contributed by atoms with Crippen LogP contribution in [-0.2, 0) is 50.7 Å². The van der Waals surface area contributed by atoms with Gasteiger partial charge in [-0.05, 0) is 12.8 Å². The summed E-state index contributed by atoms with van der Waals surface area (Å²) in [4.78, 5) is 87.5. The fourth-order valence-corrected chi connectivity index (χ4v) is 8.49. The quantitative estimate of drug-likeness (QED) is 0.0400. The summed E-state index contributed by atoms with van der Waals surface area (Å²) < 4.78 is 62.1. The third-order valence-corrected chi connectivity index (χ3v) is 11.9. The van der Waals surface area contributed by atoms with E-state index in [0.29, 0.717) is 18.6 Å². The van der Waals surface area contributed by atoms with Crippen LogP contribution in [0, 0.1) is 5.41 Å². The molecule has 0 radical (unpaired) electrons. The van der Waals surface area contributed by atoms with Gasteiger partial charge < -0.3 is 50.9 Å². The number of nitrogen functional groups attached to an aromatic ring is 1. The number of hydrogen-bond acceptors (Lipinski definition) is 18. The topological polar surface area (TPSA) is 364 Å². The van der Waals surface area contributed by atoms with Crippen LogP contribution in [-0.4, -0.2) is 123 Å². The number of nitrogens with zero attached hydrogens (tertiary/aromatic N) is 4. The van der Waals surface area contributed by atoms with E-state index in [2.05, 4.69) is 41.3 Å². The number of hydrogen-bond donors (Lipinski definition) is 9. The van der Waals surface area contributed by atoms with Gasteiger partial charge in [0.1, 0.15) is 36.3 Å². The van der Waals surface area contributed by atoms with Gasteiger partial charge in [-0.1, -0.05) is 51.1 Å². The number of ether oxygens (including phenoxy) is 1. The van der Waals surface area contributed by atoms with Crippen molar-refractivity contribution in [3.63, 3.8) is 0 Å². The van der Waals surface area contributed by atoms with Gasteiger partial charge in [0.2, 0.25) is 11.8 Å². The van der Waals surface area contributed by atoms with Crippen LogP contribution < -0.4 is 16.4 Å². The van der Waals surface area contributed by atoms with Crippen molar-refractivity contribution in [3.8, 4) is 0 Å². The zero-order chi connectivity index (χ0) is 42.6. The Morgan fingerprint density at radius 3 is 2.40 bits per heavy atom. The van der Waals surface area contributed by atoms with Gasteiger partial charge in [-0.2, -0.15) is 4.31 Å². The number of aliphatic hydroxyl groups is 2. The molecule has 10 N–H and O–H groups in total. The van der Waals surface area contributed by atoms with Crippen LogP contribution in [0.5, 0.6) is 0 Å². The van der Waals surface area contributed by atoms with E-state index in [1.165, 1.54) is 13.8 Å². The van der Waals surface area contributed by atoms with Gasteiger partial charge in [0, 0.05) is 37.1 Å². The molecule has 0 spiro atoms. The number of amides is 2. The van der Waals surface area contributed by atoms with E-state index in [0.717, 1.165) is 41.8 Å². The lowest BCUT2D eigenvalue weighted by molar-refractivity contribution is -0.137. The van der Waals surface area contributed by atoms with E-state index in [-0.39, 0.29) is 41.6 Å². The Balaban J connectivity index is 1.46. The average molecular weight is 892 g/mol. The summed E-state index contributed by atoms with van der Waals surface area (Å²) in [5, 5.41) is 26.4. The lowest BCUT2D eigenvalue weighted by Gasteiger charge is -2.30. The van der Waals surface area contributed by atoms with Gasteiger partial charge in [-0.3, -0.25) is 32.5 Å². The molecule has 2 aromatic heterocycles. The van der Waals surface area contributed by atoms with Crippen LogP contribution >= 0.6 is 35.2 Å². The summed E-state index contributed by atoms with van der Waals surface area (Å²) in [6.07, 6.45) is 0.115. The molecule has 0 aromatic carbocycles. The minimum Gasteiger partial charge on any atom is -0.386 e. The molecule has 7 atom stereocenters. The molecule has 2 aromatic rings. The highest BCUT2D eigenvalue weighted by molar-refractivity contribution is 8.13. The number of nitrogens with two attached hydrogens (primary N) is 1. The SMILES string of the molecule is CCC/C=C/CCC(=O)SCCNC(=O)CCNC(=O)C(O)C(C)(C)COP(=O)(O)OP(=O)(O)OCC1OC(n2cnc3c(N)ncnc32)C(O)C1OP(=O)(O)O. The number of unbranched alkanes of at least 4 members (excludes halogenated alkanes) is 1. The first kappa shape index (κ1) is 48.7. The Labute approximate surface area is 330 Å². The fraction of sp³-hybridized carbons (Fsp3) is 0.655. The number of aromatic nitrogens is 4. The number of anilines is 1. The largest absolute Gasteiger partial charge is 0.481 e. The number of allylic oxidation sites excluding steroid dienone is 2. The number of rotatable bonds is 24. The number of aliphatic hydroxyl groups excluding tert-OH is 2. The summed E-state index contributed by atoms with van der Waals surface area (Å²) in [5.41, 5.74) is 4.27. The Bertz CT molecular complexity index is 1860. The number of fused-ring (bicyclic) bond motifs is 1. The Kier molecular flexibility index (Phi) is 18.4. The third-order valence-electron chi connectivity index (χ3n) is 7.90. The van der Waals surface area contributed by atoms with Gasteiger partial charge in [-0.25, -0.2) is 28.6 Å². The number of phosphoric acid groups is 3. The molecule has 1 aliphatic heterocycles. The summed E-state index contributed by atoms with van der Waals surface area (Å²) >= 11 is 1.10. The van der Waals surface area contributed by atoms with Crippen LogP contribution in [0.25, 0.3) is 11.2 Å². The van der Waals surface area contributed by atoms with Crippen LogP contribution in [0.15, 0.2) is 24.8 Å². The smallest absolute Gasteiger partial charge is 0.386 e. The van der Waals surface area contributed by atoms with Crippen molar-refractivity contribution >= 4 is 69.1 Å². The maximum Gasteiger partial charge on any atom is 0.481 e. The third kappa shape index (κ3) is 15.8. The van der Waals surface area contributed by atoms with Crippen molar-refractivity contribution in [2.45, 2.75) is 83.5 Å². The summed E-state index contributed by atoms with van der Waals surface area (Å²) in [5.74, 6) is -1.07. The average Bonchev–Trinajstić information content (AvgIpc) is 3.68. The number of imidazole rings is 1. The van der Waals surface area contributed by atoms with E-state index >= 15 is 0 Å². The van der Waals surface area contributed by atoms with E-state index in [9.17, 15) is 57.9 Å².